The highest BCUT2D eigenvalue weighted by molar-refractivity contribution is 6.05. The number of aromatic nitrogens is 2. The van der Waals surface area contributed by atoms with Gasteiger partial charge in [0.2, 0.25) is 5.90 Å². The van der Waals surface area contributed by atoms with E-state index >= 15 is 0 Å². The number of nitriles is 1. The van der Waals surface area contributed by atoms with Crippen LogP contribution >= 0.6 is 0 Å². The number of carboxylic acids is 1. The summed E-state index contributed by atoms with van der Waals surface area (Å²) in [5, 5.41) is 31.5. The Balaban J connectivity index is 1.44. The molecule has 2 saturated heterocycles. The number of benzene rings is 1. The van der Waals surface area contributed by atoms with Crippen LogP contribution < -0.4 is 10.2 Å². The lowest BCUT2D eigenvalue weighted by Crippen LogP contribution is -2.43. The van der Waals surface area contributed by atoms with Gasteiger partial charge in [0.1, 0.15) is 23.3 Å². The van der Waals surface area contributed by atoms with E-state index in [-0.39, 0.29) is 35.5 Å². The van der Waals surface area contributed by atoms with Gasteiger partial charge in [-0.25, -0.2) is 19.6 Å². The monoisotopic (exact) mass is 625 g/mol. The van der Waals surface area contributed by atoms with Gasteiger partial charge < -0.3 is 29.7 Å². The molecule has 0 radical (unpaired) electrons. The average Bonchev–Trinajstić information content (AvgIpc) is 3.04. The lowest BCUT2D eigenvalue weighted by molar-refractivity contribution is 0.0115. The Morgan fingerprint density at radius 3 is 2.33 bits per heavy atom. The molecule has 0 atom stereocenters. The number of aromatic carboxylic acids is 1. The van der Waals surface area contributed by atoms with Crippen LogP contribution in [0.2, 0.25) is 0 Å². The SMILES string of the molecule is CC(C)(C)OC(=O)N1CCC(OC(=N)c2c(-c3ccc(N4CCC(C#N)CC4)nc3)cc(C(=O)O)nc2Nc2ccccc2)CC1. The second kappa shape index (κ2) is 13.9. The van der Waals surface area contributed by atoms with Crippen molar-refractivity contribution in [3.05, 3.63) is 66.0 Å². The van der Waals surface area contributed by atoms with E-state index in [1.165, 1.54) is 6.07 Å². The van der Waals surface area contributed by atoms with Crippen LogP contribution in [0.15, 0.2) is 54.7 Å². The van der Waals surface area contributed by atoms with Crippen molar-refractivity contribution in [3.63, 3.8) is 0 Å². The van der Waals surface area contributed by atoms with Crippen LogP contribution in [0.1, 0.15) is 62.5 Å². The average molecular weight is 626 g/mol. The molecule has 3 N–H and O–H groups in total. The van der Waals surface area contributed by atoms with Crippen molar-refractivity contribution in [1.82, 2.24) is 14.9 Å². The molecule has 0 unspecified atom stereocenters. The summed E-state index contributed by atoms with van der Waals surface area (Å²) in [6.45, 7) is 7.77. The third-order valence-electron chi connectivity index (χ3n) is 7.94. The number of nitrogens with zero attached hydrogens (tertiary/aromatic N) is 5. The van der Waals surface area contributed by atoms with E-state index in [4.69, 9.17) is 14.9 Å². The minimum Gasteiger partial charge on any atom is -0.477 e. The molecular weight excluding hydrogens is 586 g/mol. The number of likely N-dealkylation sites (tertiary alicyclic amines) is 1. The molecule has 2 fully saturated rings. The lowest BCUT2D eigenvalue weighted by atomic mass is 9.98. The highest BCUT2D eigenvalue weighted by Gasteiger charge is 2.30. The van der Waals surface area contributed by atoms with Crippen molar-refractivity contribution in [2.75, 3.05) is 36.4 Å². The molecule has 12 nitrogen and oxygen atoms in total. The number of carbonyl (C=O) groups excluding carboxylic acids is 1. The minimum absolute atomic E-state index is 0.0513. The van der Waals surface area contributed by atoms with E-state index in [1.54, 1.807) is 11.1 Å². The molecule has 1 aromatic carbocycles. The number of para-hydroxylation sites is 1. The van der Waals surface area contributed by atoms with Gasteiger partial charge >= 0.3 is 12.1 Å². The number of amides is 1. The van der Waals surface area contributed by atoms with E-state index in [9.17, 15) is 20.0 Å². The fourth-order valence-corrected chi connectivity index (χ4v) is 5.54. The first-order chi connectivity index (χ1) is 22.0. The standard InChI is InChI=1S/C34H39N7O5/c1-34(2,3)46-33(44)41-17-13-25(14-18-41)45-30(36)29-26(19-27(32(42)43)39-31(29)38-24-7-5-4-6-8-24)23-9-10-28(37-21-23)40-15-11-22(20-35)12-16-40/h4-10,19,21-22,25,36H,11-18H2,1-3H3,(H,38,39)(H,42,43). The summed E-state index contributed by atoms with van der Waals surface area (Å²) in [7, 11) is 0. The Kier molecular flexibility index (Phi) is 9.70. The Bertz CT molecular complexity index is 1600. The highest BCUT2D eigenvalue weighted by Crippen LogP contribution is 2.33. The molecule has 46 heavy (non-hydrogen) atoms. The maximum Gasteiger partial charge on any atom is 0.410 e. The van der Waals surface area contributed by atoms with Gasteiger partial charge in [0.25, 0.3) is 0 Å². The van der Waals surface area contributed by atoms with Gasteiger partial charge in [-0.3, -0.25) is 5.41 Å². The van der Waals surface area contributed by atoms with E-state index in [2.05, 4.69) is 26.3 Å². The van der Waals surface area contributed by atoms with Crippen LogP contribution in [0.4, 0.5) is 22.1 Å². The number of piperidine rings is 2. The maximum absolute atomic E-state index is 12.6. The van der Waals surface area contributed by atoms with E-state index in [0.717, 1.165) is 31.7 Å². The van der Waals surface area contributed by atoms with Gasteiger partial charge in [0.15, 0.2) is 5.69 Å². The molecule has 240 valence electrons. The van der Waals surface area contributed by atoms with Crippen LogP contribution in [0, 0.1) is 22.7 Å². The third-order valence-corrected chi connectivity index (χ3v) is 7.94. The normalized spacial score (nSPS) is 16.0. The predicted molar refractivity (Wildman–Crippen MR) is 173 cm³/mol. The first-order valence-corrected chi connectivity index (χ1v) is 15.5. The molecule has 5 rings (SSSR count). The van der Waals surface area contributed by atoms with Crippen molar-refractivity contribution in [1.29, 1.82) is 10.7 Å². The molecule has 0 aliphatic carbocycles. The van der Waals surface area contributed by atoms with Crippen molar-refractivity contribution >= 4 is 35.3 Å². The quantitative estimate of drug-likeness (QED) is 0.207. The topological polar surface area (TPSA) is 165 Å². The predicted octanol–water partition coefficient (Wildman–Crippen LogP) is 6.07. The largest absolute Gasteiger partial charge is 0.477 e. The first-order valence-electron chi connectivity index (χ1n) is 15.5. The zero-order valence-electron chi connectivity index (χ0n) is 26.3. The molecule has 0 spiro atoms. The second-order valence-corrected chi connectivity index (χ2v) is 12.5. The number of hydrogen-bond acceptors (Lipinski definition) is 10. The van der Waals surface area contributed by atoms with E-state index in [1.807, 2.05) is 63.2 Å². The number of carbonyl (C=O) groups is 2. The van der Waals surface area contributed by atoms with Crippen molar-refractivity contribution in [2.45, 2.75) is 58.2 Å². The number of anilines is 3. The summed E-state index contributed by atoms with van der Waals surface area (Å²) < 4.78 is 11.7. The van der Waals surface area contributed by atoms with Gasteiger partial charge in [-0.15, -0.1) is 0 Å². The Morgan fingerprint density at radius 1 is 1.04 bits per heavy atom. The molecule has 0 saturated carbocycles. The smallest absolute Gasteiger partial charge is 0.410 e. The van der Waals surface area contributed by atoms with Gasteiger partial charge in [-0.1, -0.05) is 18.2 Å². The minimum atomic E-state index is -1.21. The zero-order chi connectivity index (χ0) is 32.8. The van der Waals surface area contributed by atoms with Gasteiger partial charge in [0.05, 0.1) is 11.6 Å². The van der Waals surface area contributed by atoms with Crippen LogP contribution in [0.3, 0.4) is 0 Å². The van der Waals surface area contributed by atoms with Gasteiger partial charge in [-0.2, -0.15) is 5.26 Å². The number of nitrogens with one attached hydrogen (secondary N) is 2. The summed E-state index contributed by atoms with van der Waals surface area (Å²) in [6.07, 6.45) is 3.48. The Hall–Kier alpha value is -5.18. The van der Waals surface area contributed by atoms with Crippen molar-refractivity contribution < 1.29 is 24.2 Å². The second-order valence-electron chi connectivity index (χ2n) is 12.5. The van der Waals surface area contributed by atoms with E-state index < -0.39 is 11.6 Å². The fraction of sp³-hybridized carbons (Fsp3) is 0.412. The summed E-state index contributed by atoms with van der Waals surface area (Å²) >= 11 is 0. The van der Waals surface area contributed by atoms with Crippen LogP contribution in [-0.2, 0) is 9.47 Å². The lowest BCUT2D eigenvalue weighted by Gasteiger charge is -2.33. The molecule has 2 aliphatic heterocycles. The van der Waals surface area contributed by atoms with Crippen LogP contribution in [-0.4, -0.2) is 75.8 Å². The van der Waals surface area contributed by atoms with Gasteiger partial charge in [-0.05, 0) is 63.9 Å². The number of rotatable bonds is 7. The molecule has 2 aliphatic rings. The molecule has 12 heteroatoms. The molecular formula is C34H39N7O5. The maximum atomic E-state index is 12.6. The number of carboxylic acid groups (broad SMARTS) is 1. The summed E-state index contributed by atoms with van der Waals surface area (Å²) in [6, 6.07) is 16.7. The highest BCUT2D eigenvalue weighted by atomic mass is 16.6. The third kappa shape index (κ3) is 7.90. The number of pyridine rings is 2. The Morgan fingerprint density at radius 2 is 1.74 bits per heavy atom. The molecule has 3 aromatic rings. The summed E-state index contributed by atoms with van der Waals surface area (Å²) in [4.78, 5) is 37.6. The van der Waals surface area contributed by atoms with Gasteiger partial charge in [0, 0.05) is 67.9 Å². The molecule has 4 heterocycles. The molecule has 0 bridgehead atoms. The fourth-order valence-electron chi connectivity index (χ4n) is 5.54. The van der Waals surface area contributed by atoms with Crippen LogP contribution in [0.25, 0.3) is 11.1 Å². The summed E-state index contributed by atoms with van der Waals surface area (Å²) in [5.74, 6) is -0.401. The van der Waals surface area contributed by atoms with Crippen molar-refractivity contribution in [2.24, 2.45) is 5.92 Å². The first kappa shape index (κ1) is 32.2. The zero-order valence-corrected chi connectivity index (χ0v) is 26.3. The van der Waals surface area contributed by atoms with E-state index in [0.29, 0.717) is 48.3 Å². The molecule has 1 amide bonds. The van der Waals surface area contributed by atoms with Crippen LogP contribution in [0.5, 0.6) is 0 Å². The Labute approximate surface area is 268 Å². The number of ether oxygens (including phenoxy) is 2. The van der Waals surface area contributed by atoms with Crippen molar-refractivity contribution in [3.8, 4) is 17.2 Å². The number of hydrogen-bond donors (Lipinski definition) is 3. The summed E-state index contributed by atoms with van der Waals surface area (Å²) in [5.41, 5.74) is 1.20. The molecule has 2 aromatic heterocycles.